The Kier molecular flexibility index (Phi) is 5.86. The molecule has 6 heteroatoms. The van der Waals surface area contributed by atoms with E-state index >= 15 is 0 Å². The van der Waals surface area contributed by atoms with Gasteiger partial charge >= 0.3 is 0 Å². The van der Waals surface area contributed by atoms with Gasteiger partial charge in [-0.05, 0) is 30.2 Å². The van der Waals surface area contributed by atoms with E-state index in [4.69, 9.17) is 9.57 Å². The monoisotopic (exact) mass is 353 g/mol. The van der Waals surface area contributed by atoms with E-state index in [9.17, 15) is 4.79 Å². The fraction of sp³-hybridized carbons (Fsp3) is 0.300. The Morgan fingerprint density at radius 3 is 2.65 bits per heavy atom. The standard InChI is InChI=1S/C20H23N3O3/c1-15(2)14-18-21-19(17-10-6-7-11-23(17)18)20(24)22-26-13-12-25-16-8-4-3-5-9-16/h3-11,15H,12-14H2,1-2H3,(H,22,24). The lowest BCUT2D eigenvalue weighted by Crippen LogP contribution is -2.26. The van der Waals surface area contributed by atoms with Crippen molar-refractivity contribution in [3.8, 4) is 5.75 Å². The van der Waals surface area contributed by atoms with Gasteiger partial charge in [0.05, 0.1) is 5.52 Å². The fourth-order valence-electron chi connectivity index (χ4n) is 2.66. The number of fused-ring (bicyclic) bond motifs is 1. The van der Waals surface area contributed by atoms with E-state index in [1.54, 1.807) is 0 Å². The minimum absolute atomic E-state index is 0.241. The second-order valence-corrected chi connectivity index (χ2v) is 6.37. The van der Waals surface area contributed by atoms with Crippen LogP contribution in [0, 0.1) is 5.92 Å². The number of nitrogens with zero attached hydrogens (tertiary/aromatic N) is 2. The number of hydrogen-bond acceptors (Lipinski definition) is 4. The van der Waals surface area contributed by atoms with E-state index in [0.717, 1.165) is 23.5 Å². The molecule has 1 aromatic carbocycles. The van der Waals surface area contributed by atoms with E-state index in [2.05, 4.69) is 24.3 Å². The molecule has 2 heterocycles. The molecule has 6 nitrogen and oxygen atoms in total. The highest BCUT2D eigenvalue weighted by Gasteiger charge is 2.17. The lowest BCUT2D eigenvalue weighted by Gasteiger charge is -2.07. The van der Waals surface area contributed by atoms with Gasteiger partial charge in [0.1, 0.15) is 24.8 Å². The molecule has 0 aliphatic rings. The van der Waals surface area contributed by atoms with E-state index < -0.39 is 0 Å². The van der Waals surface area contributed by atoms with Crippen molar-refractivity contribution in [1.29, 1.82) is 0 Å². The van der Waals surface area contributed by atoms with Crippen molar-refractivity contribution in [3.63, 3.8) is 0 Å². The number of hydroxylamine groups is 1. The largest absolute Gasteiger partial charge is 0.491 e. The lowest BCUT2D eigenvalue weighted by atomic mass is 10.1. The van der Waals surface area contributed by atoms with Crippen LogP contribution in [0.1, 0.15) is 30.2 Å². The average molecular weight is 353 g/mol. The van der Waals surface area contributed by atoms with Crippen molar-refractivity contribution in [3.05, 3.63) is 66.2 Å². The van der Waals surface area contributed by atoms with Gasteiger partial charge in [-0.3, -0.25) is 9.63 Å². The van der Waals surface area contributed by atoms with Gasteiger partial charge in [-0.15, -0.1) is 0 Å². The molecule has 1 amide bonds. The Balaban J connectivity index is 1.57. The average Bonchev–Trinajstić information content (AvgIpc) is 3.00. The Morgan fingerprint density at radius 1 is 1.12 bits per heavy atom. The van der Waals surface area contributed by atoms with Crippen molar-refractivity contribution < 1.29 is 14.4 Å². The number of carbonyl (C=O) groups excluding carboxylic acids is 1. The van der Waals surface area contributed by atoms with Crippen LogP contribution in [0.25, 0.3) is 5.52 Å². The number of aromatic nitrogens is 2. The minimum Gasteiger partial charge on any atom is -0.491 e. The highest BCUT2D eigenvalue weighted by atomic mass is 16.7. The molecule has 0 saturated carbocycles. The number of rotatable bonds is 8. The summed E-state index contributed by atoms with van der Waals surface area (Å²) in [6.07, 6.45) is 2.72. The second-order valence-electron chi connectivity index (χ2n) is 6.37. The van der Waals surface area contributed by atoms with Gasteiger partial charge < -0.3 is 9.14 Å². The summed E-state index contributed by atoms with van der Waals surface area (Å²) in [7, 11) is 0. The number of carbonyl (C=O) groups is 1. The Hall–Kier alpha value is -2.86. The van der Waals surface area contributed by atoms with Gasteiger partial charge in [0.2, 0.25) is 0 Å². The van der Waals surface area contributed by atoms with Crippen molar-refractivity contribution in [1.82, 2.24) is 14.9 Å². The zero-order chi connectivity index (χ0) is 18.4. The molecular formula is C20H23N3O3. The van der Waals surface area contributed by atoms with Crippen molar-refractivity contribution in [2.75, 3.05) is 13.2 Å². The number of imidazole rings is 1. The molecule has 26 heavy (non-hydrogen) atoms. The van der Waals surface area contributed by atoms with Crippen LogP contribution in [0.3, 0.4) is 0 Å². The van der Waals surface area contributed by atoms with Crippen LogP contribution >= 0.6 is 0 Å². The van der Waals surface area contributed by atoms with Crippen LogP contribution in [-0.2, 0) is 11.3 Å². The van der Waals surface area contributed by atoms with Gasteiger partial charge in [-0.25, -0.2) is 10.5 Å². The molecule has 0 saturated heterocycles. The van der Waals surface area contributed by atoms with Crippen molar-refractivity contribution >= 4 is 11.4 Å². The quantitative estimate of drug-likeness (QED) is 0.499. The second kappa shape index (κ2) is 8.49. The number of nitrogens with one attached hydrogen (secondary N) is 1. The van der Waals surface area contributed by atoms with Gasteiger partial charge in [-0.2, -0.15) is 0 Å². The molecule has 0 unspecified atom stereocenters. The first-order chi connectivity index (χ1) is 12.6. The molecule has 3 aromatic rings. The summed E-state index contributed by atoms with van der Waals surface area (Å²) in [5.41, 5.74) is 3.58. The molecule has 1 N–H and O–H groups in total. The molecule has 0 spiro atoms. The Labute approximate surface area is 152 Å². The lowest BCUT2D eigenvalue weighted by molar-refractivity contribution is 0.0198. The molecule has 136 valence electrons. The molecule has 0 aliphatic heterocycles. The van der Waals surface area contributed by atoms with Gasteiger partial charge in [-0.1, -0.05) is 38.1 Å². The van der Waals surface area contributed by atoms with Gasteiger partial charge in [0, 0.05) is 12.6 Å². The van der Waals surface area contributed by atoms with E-state index in [1.807, 2.05) is 59.1 Å². The highest BCUT2D eigenvalue weighted by Crippen LogP contribution is 2.16. The van der Waals surface area contributed by atoms with Crippen LogP contribution < -0.4 is 10.2 Å². The van der Waals surface area contributed by atoms with Gasteiger partial charge in [0.25, 0.3) is 5.91 Å². The third kappa shape index (κ3) is 4.40. The predicted octanol–water partition coefficient (Wildman–Crippen LogP) is 3.27. The van der Waals surface area contributed by atoms with E-state index in [0.29, 0.717) is 18.2 Å². The zero-order valence-electron chi connectivity index (χ0n) is 15.0. The van der Waals surface area contributed by atoms with E-state index in [1.165, 1.54) is 0 Å². The SMILES string of the molecule is CC(C)Cc1nc(C(=O)NOCCOc2ccccc2)c2ccccn12. The molecular weight excluding hydrogens is 330 g/mol. The molecule has 0 fully saturated rings. The maximum absolute atomic E-state index is 12.4. The normalized spacial score (nSPS) is 11.0. The number of pyridine rings is 1. The summed E-state index contributed by atoms with van der Waals surface area (Å²) >= 11 is 0. The highest BCUT2D eigenvalue weighted by molar-refractivity contribution is 5.98. The molecule has 2 aromatic heterocycles. The number of ether oxygens (including phenoxy) is 1. The van der Waals surface area contributed by atoms with Gasteiger partial charge in [0.15, 0.2) is 5.69 Å². The minimum atomic E-state index is -0.358. The topological polar surface area (TPSA) is 64.9 Å². The third-order valence-electron chi connectivity index (χ3n) is 3.79. The fourth-order valence-corrected chi connectivity index (χ4v) is 2.66. The smallest absolute Gasteiger partial charge is 0.295 e. The molecule has 0 bridgehead atoms. The third-order valence-corrected chi connectivity index (χ3v) is 3.79. The van der Waals surface area contributed by atoms with Crippen LogP contribution in [0.15, 0.2) is 54.7 Å². The maximum Gasteiger partial charge on any atom is 0.295 e. The predicted molar refractivity (Wildman–Crippen MR) is 99.1 cm³/mol. The molecule has 0 aliphatic carbocycles. The summed E-state index contributed by atoms with van der Waals surface area (Å²) in [5.74, 6) is 1.72. The maximum atomic E-state index is 12.4. The molecule has 3 rings (SSSR count). The number of hydrogen-bond donors (Lipinski definition) is 1. The van der Waals surface area contributed by atoms with E-state index in [-0.39, 0.29) is 12.5 Å². The number of amides is 1. The van der Waals surface area contributed by atoms with Crippen LogP contribution in [-0.4, -0.2) is 28.5 Å². The summed E-state index contributed by atoms with van der Waals surface area (Å²) in [4.78, 5) is 22.2. The first-order valence-electron chi connectivity index (χ1n) is 8.71. The Bertz CT molecular complexity index is 859. The zero-order valence-corrected chi connectivity index (χ0v) is 15.0. The summed E-state index contributed by atoms with van der Waals surface area (Å²) in [5, 5.41) is 0. The van der Waals surface area contributed by atoms with Crippen molar-refractivity contribution in [2.45, 2.75) is 20.3 Å². The summed E-state index contributed by atoms with van der Waals surface area (Å²) in [6, 6.07) is 15.2. The Morgan fingerprint density at radius 2 is 1.88 bits per heavy atom. The van der Waals surface area contributed by atoms with Crippen LogP contribution in [0.5, 0.6) is 5.75 Å². The van der Waals surface area contributed by atoms with Crippen molar-refractivity contribution in [2.24, 2.45) is 5.92 Å². The first kappa shape index (κ1) is 17.9. The summed E-state index contributed by atoms with van der Waals surface area (Å²) in [6.45, 7) is 4.83. The molecule has 0 radical (unpaired) electrons. The molecule has 0 atom stereocenters. The summed E-state index contributed by atoms with van der Waals surface area (Å²) < 4.78 is 7.47. The van der Waals surface area contributed by atoms with Crippen LogP contribution in [0.2, 0.25) is 0 Å². The number of para-hydroxylation sites is 1. The number of benzene rings is 1. The van der Waals surface area contributed by atoms with Crippen LogP contribution in [0.4, 0.5) is 0 Å². The first-order valence-corrected chi connectivity index (χ1v) is 8.71.